The molecular formula is C15H11F3N2O. The van der Waals surface area contributed by atoms with Gasteiger partial charge in [0.1, 0.15) is 0 Å². The van der Waals surface area contributed by atoms with Gasteiger partial charge < -0.3 is 4.98 Å². The van der Waals surface area contributed by atoms with Gasteiger partial charge in [-0.1, -0.05) is 12.1 Å². The van der Waals surface area contributed by atoms with Crippen molar-refractivity contribution in [1.29, 1.82) is 0 Å². The lowest BCUT2D eigenvalue weighted by molar-refractivity contribution is -0.137. The summed E-state index contributed by atoms with van der Waals surface area (Å²) in [4.78, 5) is 14.8. The molecule has 0 amide bonds. The van der Waals surface area contributed by atoms with E-state index in [1.165, 1.54) is 16.7 Å². The number of halogens is 3. The van der Waals surface area contributed by atoms with E-state index in [4.69, 9.17) is 0 Å². The van der Waals surface area contributed by atoms with E-state index >= 15 is 0 Å². The molecule has 2 aromatic carbocycles. The van der Waals surface area contributed by atoms with Crippen molar-refractivity contribution >= 4 is 11.0 Å². The maximum atomic E-state index is 12.6. The Morgan fingerprint density at radius 3 is 2.33 bits per heavy atom. The van der Waals surface area contributed by atoms with Gasteiger partial charge in [-0.25, -0.2) is 4.79 Å². The Bertz CT molecular complexity index is 857. The number of alkyl halides is 3. The second-order valence-electron chi connectivity index (χ2n) is 4.78. The summed E-state index contributed by atoms with van der Waals surface area (Å²) < 4.78 is 39.1. The van der Waals surface area contributed by atoms with Crippen molar-refractivity contribution in [2.75, 3.05) is 0 Å². The third-order valence-electron chi connectivity index (χ3n) is 3.36. The minimum absolute atomic E-state index is 0.376. The zero-order valence-corrected chi connectivity index (χ0v) is 11.0. The molecule has 1 N–H and O–H groups in total. The van der Waals surface area contributed by atoms with Gasteiger partial charge in [-0.2, -0.15) is 13.2 Å². The van der Waals surface area contributed by atoms with E-state index in [0.717, 1.165) is 17.7 Å². The minimum atomic E-state index is -4.39. The number of nitrogens with zero attached hydrogens (tertiary/aromatic N) is 1. The SMILES string of the molecule is Cc1cccc2[nH]c(=O)n(-c3ccc(C(F)(F)F)cc3)c12. The average Bonchev–Trinajstić information content (AvgIpc) is 2.75. The van der Waals surface area contributed by atoms with Gasteiger partial charge in [-0.05, 0) is 42.8 Å². The van der Waals surface area contributed by atoms with Gasteiger partial charge >= 0.3 is 11.9 Å². The van der Waals surface area contributed by atoms with Crippen molar-refractivity contribution in [2.24, 2.45) is 0 Å². The molecule has 3 nitrogen and oxygen atoms in total. The molecule has 1 heterocycles. The molecule has 108 valence electrons. The topological polar surface area (TPSA) is 37.8 Å². The molecule has 3 rings (SSSR count). The first kappa shape index (κ1) is 13.5. The maximum absolute atomic E-state index is 12.6. The number of hydrogen-bond donors (Lipinski definition) is 1. The van der Waals surface area contributed by atoms with Gasteiger partial charge in [0.15, 0.2) is 0 Å². The molecule has 0 spiro atoms. The van der Waals surface area contributed by atoms with Crippen molar-refractivity contribution in [3.63, 3.8) is 0 Å². The lowest BCUT2D eigenvalue weighted by Gasteiger charge is -2.09. The van der Waals surface area contributed by atoms with Gasteiger partial charge in [-0.3, -0.25) is 4.57 Å². The molecule has 0 saturated heterocycles. The molecular weight excluding hydrogens is 281 g/mol. The fourth-order valence-electron chi connectivity index (χ4n) is 2.38. The van der Waals surface area contributed by atoms with Gasteiger partial charge in [-0.15, -0.1) is 0 Å². The highest BCUT2D eigenvalue weighted by Crippen LogP contribution is 2.30. The molecule has 0 radical (unpaired) electrons. The van der Waals surface area contributed by atoms with Crippen LogP contribution in [0, 0.1) is 6.92 Å². The number of benzene rings is 2. The number of fused-ring (bicyclic) bond motifs is 1. The summed E-state index contributed by atoms with van der Waals surface area (Å²) in [5.41, 5.74) is 1.47. The van der Waals surface area contributed by atoms with E-state index in [-0.39, 0.29) is 5.69 Å². The number of rotatable bonds is 1. The predicted molar refractivity (Wildman–Crippen MR) is 73.6 cm³/mol. The van der Waals surface area contributed by atoms with Gasteiger partial charge in [0.25, 0.3) is 0 Å². The summed E-state index contributed by atoms with van der Waals surface area (Å²) >= 11 is 0. The summed E-state index contributed by atoms with van der Waals surface area (Å²) in [5, 5.41) is 0. The van der Waals surface area contributed by atoms with Crippen LogP contribution in [0.25, 0.3) is 16.7 Å². The summed E-state index contributed by atoms with van der Waals surface area (Å²) in [7, 11) is 0. The van der Waals surface area contributed by atoms with Crippen molar-refractivity contribution in [3.05, 3.63) is 64.1 Å². The van der Waals surface area contributed by atoms with Crippen LogP contribution in [0.5, 0.6) is 0 Å². The van der Waals surface area contributed by atoms with E-state index in [1.807, 2.05) is 19.1 Å². The first-order valence-electron chi connectivity index (χ1n) is 6.26. The van der Waals surface area contributed by atoms with Crippen molar-refractivity contribution in [3.8, 4) is 5.69 Å². The maximum Gasteiger partial charge on any atom is 0.416 e. The molecule has 0 saturated carbocycles. The van der Waals surface area contributed by atoms with E-state index in [2.05, 4.69) is 4.98 Å². The molecule has 3 aromatic rings. The Kier molecular flexibility index (Phi) is 2.90. The van der Waals surface area contributed by atoms with Crippen LogP contribution in [0.3, 0.4) is 0 Å². The first-order valence-corrected chi connectivity index (χ1v) is 6.26. The second kappa shape index (κ2) is 4.51. The zero-order valence-electron chi connectivity index (χ0n) is 11.0. The Balaban J connectivity index is 2.21. The lowest BCUT2D eigenvalue weighted by atomic mass is 10.1. The zero-order chi connectivity index (χ0) is 15.2. The van der Waals surface area contributed by atoms with Crippen LogP contribution < -0.4 is 5.69 Å². The highest BCUT2D eigenvalue weighted by atomic mass is 19.4. The number of aromatic amines is 1. The second-order valence-corrected chi connectivity index (χ2v) is 4.78. The molecule has 0 atom stereocenters. The van der Waals surface area contributed by atoms with Crippen molar-refractivity contribution < 1.29 is 13.2 Å². The quantitative estimate of drug-likeness (QED) is 0.730. The third-order valence-corrected chi connectivity index (χ3v) is 3.36. The number of imidazole rings is 1. The van der Waals surface area contributed by atoms with Crippen molar-refractivity contribution in [2.45, 2.75) is 13.1 Å². The summed E-state index contributed by atoms with van der Waals surface area (Å²) in [6.07, 6.45) is -4.39. The fraction of sp³-hybridized carbons (Fsp3) is 0.133. The third kappa shape index (κ3) is 2.22. The predicted octanol–water partition coefficient (Wildman–Crippen LogP) is 3.65. The molecule has 1 aromatic heterocycles. The standard InChI is InChI=1S/C15H11F3N2O/c1-9-3-2-4-12-13(9)20(14(21)19-12)11-7-5-10(6-8-11)15(16,17)18/h2-8H,1H3,(H,19,21). The number of nitrogens with one attached hydrogen (secondary N) is 1. The first-order chi connectivity index (χ1) is 9.88. The molecule has 0 aliphatic carbocycles. The molecule has 0 bridgehead atoms. The largest absolute Gasteiger partial charge is 0.416 e. The van der Waals surface area contributed by atoms with Gasteiger partial charge in [0.2, 0.25) is 0 Å². The number of H-pyrrole nitrogens is 1. The van der Waals surface area contributed by atoms with Crippen LogP contribution in [0.2, 0.25) is 0 Å². The molecule has 21 heavy (non-hydrogen) atoms. The van der Waals surface area contributed by atoms with Gasteiger partial charge in [0, 0.05) is 0 Å². The molecule has 0 aliphatic heterocycles. The monoisotopic (exact) mass is 292 g/mol. The normalized spacial score (nSPS) is 12.0. The van der Waals surface area contributed by atoms with E-state index in [9.17, 15) is 18.0 Å². The summed E-state index contributed by atoms with van der Waals surface area (Å²) in [6, 6.07) is 9.94. The fourth-order valence-corrected chi connectivity index (χ4v) is 2.38. The number of aryl methyl sites for hydroxylation is 1. The van der Waals surface area contributed by atoms with Gasteiger partial charge in [0.05, 0.1) is 22.3 Å². The molecule has 0 aliphatic rings. The van der Waals surface area contributed by atoms with Crippen LogP contribution in [-0.4, -0.2) is 9.55 Å². The number of aromatic nitrogens is 2. The van der Waals surface area contributed by atoms with E-state index < -0.39 is 11.7 Å². The van der Waals surface area contributed by atoms with Crippen LogP contribution in [0.4, 0.5) is 13.2 Å². The highest BCUT2D eigenvalue weighted by molar-refractivity contribution is 5.80. The Labute approximate surface area is 117 Å². The van der Waals surface area contributed by atoms with E-state index in [1.54, 1.807) is 6.07 Å². The lowest BCUT2D eigenvalue weighted by Crippen LogP contribution is -2.15. The van der Waals surface area contributed by atoms with Crippen LogP contribution in [0.1, 0.15) is 11.1 Å². The van der Waals surface area contributed by atoms with Crippen LogP contribution >= 0.6 is 0 Å². The summed E-state index contributed by atoms with van der Waals surface area (Å²) in [5.74, 6) is 0. The Morgan fingerprint density at radius 2 is 1.71 bits per heavy atom. The van der Waals surface area contributed by atoms with Crippen LogP contribution in [-0.2, 0) is 6.18 Å². The van der Waals surface area contributed by atoms with Crippen LogP contribution in [0.15, 0.2) is 47.3 Å². The Morgan fingerprint density at radius 1 is 1.05 bits per heavy atom. The smallest absolute Gasteiger partial charge is 0.305 e. The Hall–Kier alpha value is -2.50. The average molecular weight is 292 g/mol. The molecule has 0 fully saturated rings. The van der Waals surface area contributed by atoms with E-state index in [0.29, 0.717) is 16.7 Å². The summed E-state index contributed by atoms with van der Waals surface area (Å²) in [6.45, 7) is 1.84. The number of para-hydroxylation sites is 1. The number of hydrogen-bond acceptors (Lipinski definition) is 1. The minimum Gasteiger partial charge on any atom is -0.305 e. The molecule has 0 unspecified atom stereocenters. The van der Waals surface area contributed by atoms with Crippen molar-refractivity contribution in [1.82, 2.24) is 9.55 Å². The molecule has 6 heteroatoms. The highest BCUT2D eigenvalue weighted by Gasteiger charge is 2.30.